The van der Waals surface area contributed by atoms with Crippen molar-refractivity contribution < 1.29 is 13.2 Å². The molecule has 0 aliphatic heterocycles. The second-order valence-corrected chi connectivity index (χ2v) is 6.43. The Morgan fingerprint density at radius 2 is 1.88 bits per heavy atom. The van der Waals surface area contributed by atoms with Gasteiger partial charge in [-0.3, -0.25) is 0 Å². The molecule has 132 valence electrons. The predicted octanol–water partition coefficient (Wildman–Crippen LogP) is 4.76. The Bertz CT molecular complexity index is 942. The second kappa shape index (κ2) is 7.22. The number of alkyl halides is 3. The molecule has 2 heterocycles. The monoisotopic (exact) mass is 374 g/mol. The molecule has 26 heavy (non-hydrogen) atoms. The lowest BCUT2D eigenvalue weighted by Gasteiger charge is -2.09. The lowest BCUT2D eigenvalue weighted by atomic mass is 10.2. The van der Waals surface area contributed by atoms with Gasteiger partial charge in [-0.1, -0.05) is 30.0 Å². The third-order valence-electron chi connectivity index (χ3n) is 3.69. The van der Waals surface area contributed by atoms with Crippen LogP contribution >= 0.6 is 11.8 Å². The van der Waals surface area contributed by atoms with Crippen LogP contribution in [0.5, 0.6) is 0 Å². The summed E-state index contributed by atoms with van der Waals surface area (Å²) in [6.07, 6.45) is -3.60. The SMILES string of the molecule is Cc1nn(-c2ccccc2)c(CSc2ccc(C(F)(F)F)cn2)c1C#N. The highest BCUT2D eigenvalue weighted by Crippen LogP contribution is 2.31. The first-order valence-electron chi connectivity index (χ1n) is 7.60. The fourth-order valence-corrected chi connectivity index (χ4v) is 3.25. The Morgan fingerprint density at radius 1 is 1.15 bits per heavy atom. The van der Waals surface area contributed by atoms with Crippen molar-refractivity contribution in [2.45, 2.75) is 23.9 Å². The van der Waals surface area contributed by atoms with Gasteiger partial charge in [-0.05, 0) is 31.2 Å². The summed E-state index contributed by atoms with van der Waals surface area (Å²) in [5.74, 6) is 0.358. The Labute approximate surface area is 152 Å². The van der Waals surface area contributed by atoms with Crippen LogP contribution in [0, 0.1) is 18.3 Å². The van der Waals surface area contributed by atoms with Crippen LogP contribution in [0.15, 0.2) is 53.7 Å². The maximum atomic E-state index is 12.6. The summed E-state index contributed by atoms with van der Waals surface area (Å²) in [7, 11) is 0. The molecule has 0 aliphatic carbocycles. The van der Waals surface area contributed by atoms with Crippen molar-refractivity contribution in [2.24, 2.45) is 0 Å². The summed E-state index contributed by atoms with van der Waals surface area (Å²) < 4.78 is 39.5. The van der Waals surface area contributed by atoms with Crippen LogP contribution in [0.2, 0.25) is 0 Å². The van der Waals surface area contributed by atoms with Gasteiger partial charge in [0, 0.05) is 11.9 Å². The molecule has 0 fully saturated rings. The van der Waals surface area contributed by atoms with E-state index in [2.05, 4.69) is 16.2 Å². The molecular formula is C18H13F3N4S. The number of aromatic nitrogens is 3. The van der Waals surface area contributed by atoms with E-state index in [4.69, 9.17) is 0 Å². The summed E-state index contributed by atoms with van der Waals surface area (Å²) in [5.41, 5.74) is 1.78. The molecule has 8 heteroatoms. The molecule has 3 rings (SSSR count). The van der Waals surface area contributed by atoms with E-state index in [0.717, 1.165) is 18.0 Å². The van der Waals surface area contributed by atoms with Gasteiger partial charge in [0.1, 0.15) is 6.07 Å². The molecule has 0 amide bonds. The number of benzene rings is 1. The van der Waals surface area contributed by atoms with Gasteiger partial charge >= 0.3 is 6.18 Å². The predicted molar refractivity (Wildman–Crippen MR) is 91.8 cm³/mol. The zero-order valence-electron chi connectivity index (χ0n) is 13.7. The highest BCUT2D eigenvalue weighted by atomic mass is 32.2. The quantitative estimate of drug-likeness (QED) is 0.618. The van der Waals surface area contributed by atoms with Crippen LogP contribution in [0.1, 0.15) is 22.5 Å². The molecule has 1 aromatic carbocycles. The van der Waals surface area contributed by atoms with Crippen LogP contribution in [0.25, 0.3) is 5.69 Å². The number of nitriles is 1. The standard InChI is InChI=1S/C18H13F3N4S/c1-12-15(9-22)16(25(24-12)14-5-3-2-4-6-14)11-26-17-8-7-13(10-23-17)18(19,20)21/h2-8,10H,11H2,1H3. The lowest BCUT2D eigenvalue weighted by molar-refractivity contribution is -0.137. The second-order valence-electron chi connectivity index (χ2n) is 5.44. The van der Waals surface area contributed by atoms with Gasteiger partial charge in [0.15, 0.2) is 0 Å². The molecule has 0 saturated carbocycles. The average Bonchev–Trinajstić information content (AvgIpc) is 2.95. The summed E-state index contributed by atoms with van der Waals surface area (Å²) in [4.78, 5) is 3.86. The molecule has 0 spiro atoms. The third kappa shape index (κ3) is 3.73. The molecule has 0 unspecified atom stereocenters. The summed E-state index contributed by atoms with van der Waals surface area (Å²) >= 11 is 1.25. The fraction of sp³-hybridized carbons (Fsp3) is 0.167. The molecule has 2 aromatic heterocycles. The molecule has 4 nitrogen and oxygen atoms in total. The van der Waals surface area contributed by atoms with E-state index in [1.807, 2.05) is 30.3 Å². The van der Waals surface area contributed by atoms with Gasteiger partial charge in [0.2, 0.25) is 0 Å². The largest absolute Gasteiger partial charge is 0.417 e. The molecule has 0 atom stereocenters. The Hall–Kier alpha value is -2.79. The lowest BCUT2D eigenvalue weighted by Crippen LogP contribution is -2.05. The van der Waals surface area contributed by atoms with Crippen LogP contribution < -0.4 is 0 Å². The maximum Gasteiger partial charge on any atom is 0.417 e. The van der Waals surface area contributed by atoms with Gasteiger partial charge in [-0.15, -0.1) is 0 Å². The van der Waals surface area contributed by atoms with Crippen molar-refractivity contribution in [2.75, 3.05) is 0 Å². The number of rotatable bonds is 4. The van der Waals surface area contributed by atoms with E-state index in [0.29, 0.717) is 27.7 Å². The first kappa shape index (κ1) is 18.0. The van der Waals surface area contributed by atoms with Crippen molar-refractivity contribution in [1.29, 1.82) is 5.26 Å². The fourth-order valence-electron chi connectivity index (χ4n) is 2.41. The number of pyridine rings is 1. The van der Waals surface area contributed by atoms with Gasteiger partial charge in [-0.2, -0.15) is 23.5 Å². The van der Waals surface area contributed by atoms with Crippen molar-refractivity contribution in [3.63, 3.8) is 0 Å². The maximum absolute atomic E-state index is 12.6. The van der Waals surface area contributed by atoms with Crippen LogP contribution in [0.3, 0.4) is 0 Å². The molecule has 3 aromatic rings. The van der Waals surface area contributed by atoms with Gasteiger partial charge in [-0.25, -0.2) is 9.67 Å². The minimum Gasteiger partial charge on any atom is -0.249 e. The zero-order valence-corrected chi connectivity index (χ0v) is 14.5. The minimum atomic E-state index is -4.41. The van der Waals surface area contributed by atoms with Gasteiger partial charge < -0.3 is 0 Å². The van der Waals surface area contributed by atoms with E-state index in [1.165, 1.54) is 17.8 Å². The molecule has 0 radical (unpaired) electrons. The smallest absolute Gasteiger partial charge is 0.249 e. The van der Waals surface area contributed by atoms with E-state index in [-0.39, 0.29) is 0 Å². The number of para-hydroxylation sites is 1. The van der Waals surface area contributed by atoms with Gasteiger partial charge in [0.25, 0.3) is 0 Å². The highest BCUT2D eigenvalue weighted by molar-refractivity contribution is 7.98. The number of halogens is 3. The summed E-state index contributed by atoms with van der Waals surface area (Å²) in [5, 5.41) is 14.3. The van der Waals surface area contributed by atoms with Crippen molar-refractivity contribution >= 4 is 11.8 Å². The van der Waals surface area contributed by atoms with Crippen LogP contribution in [-0.4, -0.2) is 14.8 Å². The van der Waals surface area contributed by atoms with Crippen molar-refractivity contribution in [3.8, 4) is 11.8 Å². The molecule has 0 saturated heterocycles. The molecule has 0 bridgehead atoms. The minimum absolute atomic E-state index is 0.358. The van der Waals surface area contributed by atoms with E-state index >= 15 is 0 Å². The Kier molecular flexibility index (Phi) is 5.00. The number of aryl methyl sites for hydroxylation is 1. The third-order valence-corrected chi connectivity index (χ3v) is 4.64. The first-order chi connectivity index (χ1) is 12.4. The molecule has 0 aliphatic rings. The number of hydrogen-bond acceptors (Lipinski definition) is 4. The van der Waals surface area contributed by atoms with Crippen molar-refractivity contribution in [3.05, 3.63) is 71.2 Å². The topological polar surface area (TPSA) is 54.5 Å². The normalized spacial score (nSPS) is 11.3. The van der Waals surface area contributed by atoms with Crippen LogP contribution in [0.4, 0.5) is 13.2 Å². The van der Waals surface area contributed by atoms with E-state index < -0.39 is 11.7 Å². The van der Waals surface area contributed by atoms with Crippen LogP contribution in [-0.2, 0) is 11.9 Å². The van der Waals surface area contributed by atoms with E-state index in [9.17, 15) is 18.4 Å². The zero-order chi connectivity index (χ0) is 18.7. The highest BCUT2D eigenvalue weighted by Gasteiger charge is 2.30. The Morgan fingerprint density at radius 3 is 2.46 bits per heavy atom. The average molecular weight is 374 g/mol. The number of hydrogen-bond donors (Lipinski definition) is 0. The summed E-state index contributed by atoms with van der Waals surface area (Å²) in [6.45, 7) is 1.75. The Balaban J connectivity index is 1.87. The number of nitrogens with zero attached hydrogens (tertiary/aromatic N) is 4. The van der Waals surface area contributed by atoms with E-state index in [1.54, 1.807) is 11.6 Å². The van der Waals surface area contributed by atoms with Crippen molar-refractivity contribution in [1.82, 2.24) is 14.8 Å². The molecule has 0 N–H and O–H groups in total. The first-order valence-corrected chi connectivity index (χ1v) is 8.59. The molecular weight excluding hydrogens is 361 g/mol. The van der Waals surface area contributed by atoms with Gasteiger partial charge in [0.05, 0.1) is 33.2 Å². The summed E-state index contributed by atoms with van der Waals surface area (Å²) in [6, 6.07) is 13.8. The number of thioether (sulfide) groups is 1.